The lowest BCUT2D eigenvalue weighted by Crippen LogP contribution is -2.33. The van der Waals surface area contributed by atoms with Gasteiger partial charge in [-0.1, -0.05) is 66.2 Å². The van der Waals surface area contributed by atoms with E-state index in [0.29, 0.717) is 0 Å². The number of nitrogens with zero attached hydrogens (tertiary/aromatic N) is 1. The third-order valence-electron chi connectivity index (χ3n) is 6.22. The highest BCUT2D eigenvalue weighted by molar-refractivity contribution is 7.29. The number of hydrogen-bond acceptors (Lipinski definition) is 5. The van der Waals surface area contributed by atoms with Gasteiger partial charge >= 0.3 is 5.97 Å². The van der Waals surface area contributed by atoms with Gasteiger partial charge in [0.1, 0.15) is 0 Å². The normalized spacial score (nSPS) is 13.7. The molecule has 0 saturated heterocycles. The molecule has 2 heterocycles. The van der Waals surface area contributed by atoms with Crippen LogP contribution in [0.15, 0.2) is 17.5 Å². The molecule has 0 aliphatic carbocycles. The van der Waals surface area contributed by atoms with Crippen LogP contribution < -0.4 is 4.90 Å². The predicted octanol–water partition coefficient (Wildman–Crippen LogP) is 8.39. The smallest absolute Gasteiger partial charge is 0.330 e. The van der Waals surface area contributed by atoms with Crippen molar-refractivity contribution in [2.75, 3.05) is 25.1 Å². The van der Waals surface area contributed by atoms with Gasteiger partial charge in [-0.25, -0.2) is 4.79 Å². The van der Waals surface area contributed by atoms with E-state index in [1.165, 1.54) is 79.0 Å². The second-order valence-corrected chi connectivity index (χ2v) is 10.5. The van der Waals surface area contributed by atoms with E-state index in [0.717, 1.165) is 30.5 Å². The van der Waals surface area contributed by atoms with Crippen LogP contribution in [-0.4, -0.2) is 26.2 Å². The van der Waals surface area contributed by atoms with Gasteiger partial charge in [0.25, 0.3) is 0 Å². The number of ether oxygens (including phenoxy) is 1. The molecule has 0 aliphatic heterocycles. The summed E-state index contributed by atoms with van der Waals surface area (Å²) in [7, 11) is 1.42. The Morgan fingerprint density at radius 3 is 2.19 bits per heavy atom. The van der Waals surface area contributed by atoms with Gasteiger partial charge in [0.2, 0.25) is 0 Å². The van der Waals surface area contributed by atoms with Crippen LogP contribution in [0.5, 0.6) is 0 Å². The van der Waals surface area contributed by atoms with Gasteiger partial charge < -0.3 is 9.64 Å². The Morgan fingerprint density at radius 1 is 1.06 bits per heavy atom. The maximum absolute atomic E-state index is 11.5. The summed E-state index contributed by atoms with van der Waals surface area (Å²) in [6, 6.07) is 2.37. The number of anilines is 1. The fraction of sp³-hybridized carbons (Fsp3) is 0.654. The molecule has 2 unspecified atom stereocenters. The molecule has 0 bridgehead atoms. The van der Waals surface area contributed by atoms with Gasteiger partial charge in [-0.3, -0.25) is 0 Å². The van der Waals surface area contributed by atoms with Crippen LogP contribution in [0.2, 0.25) is 0 Å². The van der Waals surface area contributed by atoms with E-state index in [9.17, 15) is 4.79 Å². The first kappa shape index (κ1) is 25.9. The van der Waals surface area contributed by atoms with Gasteiger partial charge in [-0.15, -0.1) is 22.7 Å². The van der Waals surface area contributed by atoms with Crippen LogP contribution in [0.25, 0.3) is 15.5 Å². The molecule has 5 heteroatoms. The van der Waals surface area contributed by atoms with Crippen molar-refractivity contribution in [3.05, 3.63) is 23.1 Å². The van der Waals surface area contributed by atoms with Gasteiger partial charge in [0, 0.05) is 34.8 Å². The second-order valence-electron chi connectivity index (χ2n) is 8.56. The van der Waals surface area contributed by atoms with E-state index in [-0.39, 0.29) is 5.97 Å². The second kappa shape index (κ2) is 13.9. The Balaban J connectivity index is 2.28. The summed E-state index contributed by atoms with van der Waals surface area (Å²) in [5.41, 5.74) is 1.12. The number of carbonyl (C=O) groups excluding carboxylic acids is 1. The highest BCUT2D eigenvalue weighted by Crippen LogP contribution is 2.40. The summed E-state index contributed by atoms with van der Waals surface area (Å²) >= 11 is 3.65. The third-order valence-corrected chi connectivity index (χ3v) is 8.54. The molecular weight excluding hydrogens is 422 g/mol. The predicted molar refractivity (Wildman–Crippen MR) is 140 cm³/mol. The van der Waals surface area contributed by atoms with Crippen LogP contribution in [0.3, 0.4) is 0 Å². The minimum Gasteiger partial charge on any atom is -0.466 e. The topological polar surface area (TPSA) is 29.5 Å². The molecule has 0 aliphatic rings. The van der Waals surface area contributed by atoms with Crippen molar-refractivity contribution < 1.29 is 9.53 Å². The van der Waals surface area contributed by atoms with Crippen molar-refractivity contribution in [2.45, 2.75) is 79.1 Å². The van der Waals surface area contributed by atoms with E-state index >= 15 is 0 Å². The van der Waals surface area contributed by atoms with Gasteiger partial charge in [-0.2, -0.15) is 0 Å². The van der Waals surface area contributed by atoms with Gasteiger partial charge in [-0.05, 0) is 36.8 Å². The summed E-state index contributed by atoms with van der Waals surface area (Å²) in [6.07, 6.45) is 13.7. The maximum atomic E-state index is 11.5. The van der Waals surface area contributed by atoms with Gasteiger partial charge in [0.05, 0.1) is 16.8 Å². The molecular formula is C26H41NO2S2. The number of methoxy groups -OCH3 is 1. The zero-order chi connectivity index (χ0) is 22.6. The molecule has 0 radical (unpaired) electrons. The molecule has 2 atom stereocenters. The third kappa shape index (κ3) is 7.94. The van der Waals surface area contributed by atoms with Crippen LogP contribution in [0.1, 0.15) is 84.6 Å². The highest BCUT2D eigenvalue weighted by Gasteiger charge is 2.20. The zero-order valence-corrected chi connectivity index (χ0v) is 21.7. The lowest BCUT2D eigenvalue weighted by atomic mass is 9.96. The SMILES string of the molecule is CCCCC(CC)CN(CC(CC)CCCC)c1cc2scc(/C=C/C(=O)OC)c2s1. The van der Waals surface area contributed by atoms with Crippen molar-refractivity contribution in [2.24, 2.45) is 11.8 Å². The zero-order valence-electron chi connectivity index (χ0n) is 20.1. The van der Waals surface area contributed by atoms with E-state index in [1.807, 2.05) is 17.4 Å². The molecule has 2 rings (SSSR count). The number of fused-ring (bicyclic) bond motifs is 1. The first-order valence-electron chi connectivity index (χ1n) is 12.1. The quantitative estimate of drug-likeness (QED) is 0.196. The average molecular weight is 464 g/mol. The highest BCUT2D eigenvalue weighted by atomic mass is 32.1. The van der Waals surface area contributed by atoms with Crippen molar-refractivity contribution in [1.29, 1.82) is 0 Å². The number of hydrogen-bond donors (Lipinski definition) is 0. The van der Waals surface area contributed by atoms with Crippen molar-refractivity contribution in [1.82, 2.24) is 0 Å². The molecule has 0 saturated carbocycles. The molecule has 3 nitrogen and oxygen atoms in total. The molecule has 174 valence electrons. The lowest BCUT2D eigenvalue weighted by Gasteiger charge is -2.31. The van der Waals surface area contributed by atoms with Crippen molar-refractivity contribution >= 4 is 49.1 Å². The molecule has 0 amide bonds. The molecule has 31 heavy (non-hydrogen) atoms. The van der Waals surface area contributed by atoms with Crippen LogP contribution in [0.4, 0.5) is 5.00 Å². The molecule has 0 spiro atoms. The monoisotopic (exact) mass is 463 g/mol. The molecule has 2 aromatic heterocycles. The largest absolute Gasteiger partial charge is 0.466 e. The summed E-state index contributed by atoms with van der Waals surface area (Å²) in [4.78, 5) is 14.2. The maximum Gasteiger partial charge on any atom is 0.330 e. The minimum absolute atomic E-state index is 0.304. The van der Waals surface area contributed by atoms with E-state index < -0.39 is 0 Å². The average Bonchev–Trinajstić information content (AvgIpc) is 3.37. The Bertz CT molecular complexity index is 790. The number of unbranched alkanes of at least 4 members (excludes halogenated alkanes) is 2. The van der Waals surface area contributed by atoms with Crippen LogP contribution in [0, 0.1) is 11.8 Å². The number of thiophene rings is 2. The van der Waals surface area contributed by atoms with Gasteiger partial charge in [0.15, 0.2) is 0 Å². The molecule has 2 aromatic rings. The van der Waals surface area contributed by atoms with E-state index in [1.54, 1.807) is 11.3 Å². The van der Waals surface area contributed by atoms with E-state index in [4.69, 9.17) is 4.74 Å². The minimum atomic E-state index is -0.304. The fourth-order valence-electron chi connectivity index (χ4n) is 4.04. The lowest BCUT2D eigenvalue weighted by molar-refractivity contribution is -0.134. The van der Waals surface area contributed by atoms with Crippen LogP contribution in [-0.2, 0) is 9.53 Å². The molecule has 0 N–H and O–H groups in total. The number of carbonyl (C=O) groups is 1. The number of esters is 1. The number of rotatable bonds is 15. The van der Waals surface area contributed by atoms with Crippen LogP contribution >= 0.6 is 22.7 Å². The Morgan fingerprint density at radius 2 is 1.68 bits per heavy atom. The summed E-state index contributed by atoms with van der Waals surface area (Å²) in [6.45, 7) is 11.6. The van der Waals surface area contributed by atoms with Crippen molar-refractivity contribution in [3.63, 3.8) is 0 Å². The first-order chi connectivity index (χ1) is 15.1. The Hall–Kier alpha value is -1.33. The summed E-state index contributed by atoms with van der Waals surface area (Å²) in [5, 5.41) is 3.53. The summed E-state index contributed by atoms with van der Waals surface area (Å²) in [5.74, 6) is 1.20. The fourth-order valence-corrected chi connectivity index (χ4v) is 6.38. The van der Waals surface area contributed by atoms with Crippen molar-refractivity contribution in [3.8, 4) is 0 Å². The standard InChI is InChI=1S/C26H41NO2S2/c1-6-10-12-20(8-3)17-27(18-21(9-4)13-11-7-2)24-16-23-26(31-24)22(19-30-23)14-15-25(28)29-5/h14-16,19-21H,6-13,17-18H2,1-5H3/b15-14+. The Labute approximate surface area is 197 Å². The van der Waals surface area contributed by atoms with E-state index in [2.05, 4.69) is 44.0 Å². The molecule has 0 aromatic carbocycles. The first-order valence-corrected chi connectivity index (χ1v) is 13.8. The molecule has 0 fully saturated rings. The summed E-state index contributed by atoms with van der Waals surface area (Å²) < 4.78 is 7.36. The Kier molecular flexibility index (Phi) is 11.7.